The van der Waals surface area contributed by atoms with E-state index in [9.17, 15) is 9.00 Å². The molecule has 2 atom stereocenters. The Labute approximate surface area is 171 Å². The first-order valence-electron chi connectivity index (χ1n) is 8.71. The predicted molar refractivity (Wildman–Crippen MR) is 109 cm³/mol. The Morgan fingerprint density at radius 1 is 1.32 bits per heavy atom. The molecule has 0 aliphatic carbocycles. The second-order valence-electron chi connectivity index (χ2n) is 7.17. The van der Waals surface area contributed by atoms with Crippen LogP contribution in [0.3, 0.4) is 0 Å². The first kappa shape index (κ1) is 22.3. The number of carboxylic acid groups (broad SMARTS) is 1. The van der Waals surface area contributed by atoms with E-state index in [4.69, 9.17) is 21.4 Å². The maximum atomic E-state index is 15.2. The average molecular weight is 428 g/mol. The number of benzene rings is 2. The summed E-state index contributed by atoms with van der Waals surface area (Å²) in [6, 6.07) is 8.22. The molecular weight excluding hydrogens is 405 g/mol. The fourth-order valence-electron chi connectivity index (χ4n) is 2.39. The number of aromatic carboxylic acids is 1. The highest BCUT2D eigenvalue weighted by Gasteiger charge is 2.26. The van der Waals surface area contributed by atoms with Crippen molar-refractivity contribution in [2.45, 2.75) is 44.9 Å². The lowest BCUT2D eigenvalue weighted by atomic mass is 10.0. The molecule has 0 bridgehead atoms. The van der Waals surface area contributed by atoms with E-state index in [-0.39, 0.29) is 27.6 Å². The van der Waals surface area contributed by atoms with Crippen LogP contribution >= 0.6 is 11.6 Å². The zero-order valence-corrected chi connectivity index (χ0v) is 17.7. The van der Waals surface area contributed by atoms with E-state index in [1.165, 1.54) is 36.4 Å². The molecule has 0 saturated heterocycles. The van der Waals surface area contributed by atoms with Crippen molar-refractivity contribution >= 4 is 28.6 Å². The van der Waals surface area contributed by atoms with Crippen LogP contribution in [0, 0.1) is 5.82 Å². The van der Waals surface area contributed by atoms with Gasteiger partial charge < -0.3 is 9.84 Å². The van der Waals surface area contributed by atoms with Gasteiger partial charge in [0, 0.05) is 11.6 Å². The Balaban J connectivity index is 2.38. The zero-order chi connectivity index (χ0) is 21.1. The summed E-state index contributed by atoms with van der Waals surface area (Å²) in [5, 5.41) is 9.14. The lowest BCUT2D eigenvalue weighted by molar-refractivity contribution is 0.0696. The van der Waals surface area contributed by atoms with Crippen LogP contribution in [0.2, 0.25) is 5.02 Å². The minimum Gasteiger partial charge on any atom is -0.478 e. The Hall–Kier alpha value is -1.96. The van der Waals surface area contributed by atoms with Gasteiger partial charge in [0.15, 0.2) is 11.6 Å². The van der Waals surface area contributed by atoms with E-state index in [0.717, 1.165) is 0 Å². The van der Waals surface area contributed by atoms with Crippen LogP contribution < -0.4 is 9.46 Å². The molecule has 0 radical (unpaired) electrons. The summed E-state index contributed by atoms with van der Waals surface area (Å²) in [4.78, 5) is 11.1. The largest absolute Gasteiger partial charge is 0.478 e. The van der Waals surface area contributed by atoms with E-state index in [0.29, 0.717) is 6.42 Å². The van der Waals surface area contributed by atoms with Crippen LogP contribution in [0.4, 0.5) is 4.39 Å². The number of hydrogen-bond donors (Lipinski definition) is 2. The molecule has 2 N–H and O–H groups in total. The minimum atomic E-state index is -1.39. The van der Waals surface area contributed by atoms with Crippen LogP contribution in [0.25, 0.3) is 0 Å². The first-order valence-corrected chi connectivity index (χ1v) is 10.2. The third-order valence-electron chi connectivity index (χ3n) is 3.97. The summed E-state index contributed by atoms with van der Waals surface area (Å²) in [5.74, 6) is -1.86. The summed E-state index contributed by atoms with van der Waals surface area (Å²) < 4.78 is 35.6. The summed E-state index contributed by atoms with van der Waals surface area (Å²) in [6.45, 7) is 7.32. The maximum Gasteiger partial charge on any atom is 0.335 e. The van der Waals surface area contributed by atoms with Crippen molar-refractivity contribution in [1.82, 2.24) is 4.72 Å². The fourth-order valence-corrected chi connectivity index (χ4v) is 3.48. The van der Waals surface area contributed by atoms with Gasteiger partial charge in [0.1, 0.15) is 5.75 Å². The van der Waals surface area contributed by atoms with Crippen molar-refractivity contribution in [3.63, 3.8) is 0 Å². The molecule has 8 heteroatoms. The maximum absolute atomic E-state index is 15.2. The van der Waals surface area contributed by atoms with Crippen molar-refractivity contribution < 1.29 is 23.2 Å². The van der Waals surface area contributed by atoms with Gasteiger partial charge in [-0.05, 0) is 51.5 Å². The normalized spacial score (nSPS) is 13.8. The Morgan fingerprint density at radius 2 is 2.00 bits per heavy atom. The van der Waals surface area contributed by atoms with Gasteiger partial charge in [-0.1, -0.05) is 30.7 Å². The molecule has 0 unspecified atom stereocenters. The summed E-state index contributed by atoms with van der Waals surface area (Å²) in [6.07, 6.45) is 0.494. The zero-order valence-electron chi connectivity index (χ0n) is 16.1. The number of nitrogens with one attached hydrogen (secondary N) is 1. The summed E-state index contributed by atoms with van der Waals surface area (Å²) >= 11 is 6.12. The van der Waals surface area contributed by atoms with Gasteiger partial charge >= 0.3 is 5.97 Å². The number of ether oxygens (including phenoxy) is 1. The van der Waals surface area contributed by atoms with E-state index >= 15 is 4.39 Å². The topological polar surface area (TPSA) is 75.6 Å². The molecule has 5 nitrogen and oxygen atoms in total. The highest BCUT2D eigenvalue weighted by Crippen LogP contribution is 2.37. The number of rotatable bonds is 7. The molecule has 2 aromatic carbocycles. The third-order valence-corrected chi connectivity index (χ3v) is 5.88. The molecule has 0 aliphatic heterocycles. The van der Waals surface area contributed by atoms with Gasteiger partial charge in [-0.25, -0.2) is 18.1 Å². The van der Waals surface area contributed by atoms with E-state index in [2.05, 4.69) is 4.72 Å². The van der Waals surface area contributed by atoms with Crippen molar-refractivity contribution in [2.75, 3.05) is 0 Å². The van der Waals surface area contributed by atoms with Crippen molar-refractivity contribution in [2.24, 2.45) is 0 Å². The second-order valence-corrected chi connectivity index (χ2v) is 9.58. The standard InChI is InChI=1S/C20H23ClFNO4S/c1-5-16(23-28(26)20(2,3)4)14-9-10-15(21)18(17(14)22)27-13-8-6-7-12(11-13)19(24)25/h6-11,16,23H,5H2,1-4H3,(H,24,25)/t16-,28-/m0/s1. The minimum absolute atomic E-state index is 0.0128. The Morgan fingerprint density at radius 3 is 2.57 bits per heavy atom. The molecule has 0 saturated carbocycles. The Bertz CT molecular complexity index is 898. The van der Waals surface area contributed by atoms with Gasteiger partial charge in [-0.3, -0.25) is 0 Å². The van der Waals surface area contributed by atoms with Crippen LogP contribution in [-0.4, -0.2) is 20.0 Å². The van der Waals surface area contributed by atoms with Gasteiger partial charge in [0.25, 0.3) is 0 Å². The molecule has 0 amide bonds. The number of carboxylic acids is 1. The molecule has 0 fully saturated rings. The number of halogens is 2. The fraction of sp³-hybridized carbons (Fsp3) is 0.350. The molecule has 28 heavy (non-hydrogen) atoms. The molecule has 0 spiro atoms. The molecule has 0 aromatic heterocycles. The molecular formula is C20H23ClFNO4S. The Kier molecular flexibility index (Phi) is 7.20. The second kappa shape index (κ2) is 9.03. The highest BCUT2D eigenvalue weighted by atomic mass is 35.5. The monoisotopic (exact) mass is 427 g/mol. The molecule has 0 heterocycles. The average Bonchev–Trinajstić information content (AvgIpc) is 2.63. The molecule has 2 rings (SSSR count). The van der Waals surface area contributed by atoms with Crippen LogP contribution in [-0.2, 0) is 11.0 Å². The highest BCUT2D eigenvalue weighted by molar-refractivity contribution is 7.84. The van der Waals surface area contributed by atoms with E-state index < -0.39 is 33.6 Å². The number of hydrogen-bond acceptors (Lipinski definition) is 3. The van der Waals surface area contributed by atoms with Crippen molar-refractivity contribution in [3.05, 3.63) is 58.4 Å². The van der Waals surface area contributed by atoms with E-state index in [1.807, 2.05) is 27.7 Å². The molecule has 152 valence electrons. The van der Waals surface area contributed by atoms with Gasteiger partial charge in [0.2, 0.25) is 0 Å². The summed E-state index contributed by atoms with van der Waals surface area (Å²) in [7, 11) is -1.39. The van der Waals surface area contributed by atoms with Crippen molar-refractivity contribution in [1.29, 1.82) is 0 Å². The first-order chi connectivity index (χ1) is 13.0. The van der Waals surface area contributed by atoms with Crippen LogP contribution in [0.1, 0.15) is 56.1 Å². The van der Waals surface area contributed by atoms with Gasteiger partial charge in [0.05, 0.1) is 26.3 Å². The number of carbonyl (C=O) groups is 1. The SMILES string of the molecule is CC[C@H](N[S@@](=O)C(C)(C)C)c1ccc(Cl)c(Oc2cccc(C(=O)O)c2)c1F. The van der Waals surface area contributed by atoms with E-state index in [1.54, 1.807) is 0 Å². The molecule has 0 aliphatic rings. The lowest BCUT2D eigenvalue weighted by Crippen LogP contribution is -2.35. The third kappa shape index (κ3) is 5.31. The van der Waals surface area contributed by atoms with Crippen LogP contribution in [0.5, 0.6) is 11.5 Å². The van der Waals surface area contributed by atoms with Gasteiger partial charge in [-0.2, -0.15) is 0 Å². The van der Waals surface area contributed by atoms with Crippen molar-refractivity contribution in [3.8, 4) is 11.5 Å². The van der Waals surface area contributed by atoms with Gasteiger partial charge in [-0.15, -0.1) is 0 Å². The van der Waals surface area contributed by atoms with Crippen LogP contribution in [0.15, 0.2) is 36.4 Å². The predicted octanol–water partition coefficient (Wildman–Crippen LogP) is 5.47. The quantitative estimate of drug-likeness (QED) is 0.614. The molecule has 2 aromatic rings. The lowest BCUT2D eigenvalue weighted by Gasteiger charge is -2.24. The smallest absolute Gasteiger partial charge is 0.335 e. The summed E-state index contributed by atoms with van der Waals surface area (Å²) in [5.41, 5.74) is 0.285.